The molecule has 0 aromatic heterocycles. The molecule has 0 fully saturated rings. The molecule has 0 aromatic carbocycles. The first-order chi connectivity index (χ1) is 7.16. The van der Waals surface area contributed by atoms with Crippen molar-refractivity contribution < 1.29 is 14.7 Å². The molecule has 15 heavy (non-hydrogen) atoms. The van der Waals surface area contributed by atoms with Gasteiger partial charge in [0.05, 0.1) is 6.42 Å². The van der Waals surface area contributed by atoms with E-state index in [0.29, 0.717) is 13.0 Å². The summed E-state index contributed by atoms with van der Waals surface area (Å²) in [6.45, 7) is 0.701. The van der Waals surface area contributed by atoms with E-state index >= 15 is 0 Å². The number of aliphatic carboxylic acids is 1. The lowest BCUT2D eigenvalue weighted by atomic mass is 10.2. The van der Waals surface area contributed by atoms with E-state index in [-0.39, 0.29) is 19.0 Å². The van der Waals surface area contributed by atoms with Crippen LogP contribution in [0.25, 0.3) is 0 Å². The number of terminal acetylenes is 1. The summed E-state index contributed by atoms with van der Waals surface area (Å²) in [5, 5.41) is 13.3. The molecule has 0 saturated heterocycles. The van der Waals surface area contributed by atoms with Crippen molar-refractivity contribution in [3.05, 3.63) is 0 Å². The number of urea groups is 1. The number of carboxylic acids is 1. The van der Waals surface area contributed by atoms with Crippen LogP contribution in [0.4, 0.5) is 4.79 Å². The third-order valence-corrected chi connectivity index (χ3v) is 1.66. The van der Waals surface area contributed by atoms with Gasteiger partial charge in [-0.1, -0.05) is 0 Å². The maximum Gasteiger partial charge on any atom is 0.314 e. The molecular weight excluding hydrogens is 196 g/mol. The molecule has 0 aromatic rings. The minimum absolute atomic E-state index is 0.0650. The highest BCUT2D eigenvalue weighted by atomic mass is 16.4. The van der Waals surface area contributed by atoms with E-state index in [0.717, 1.165) is 12.8 Å². The van der Waals surface area contributed by atoms with Gasteiger partial charge in [-0.25, -0.2) is 4.79 Å². The molecule has 0 bridgehead atoms. The van der Waals surface area contributed by atoms with Gasteiger partial charge in [0.15, 0.2) is 0 Å². The van der Waals surface area contributed by atoms with Crippen molar-refractivity contribution in [1.29, 1.82) is 0 Å². The first-order valence-corrected chi connectivity index (χ1v) is 4.83. The number of amides is 2. The van der Waals surface area contributed by atoms with E-state index in [4.69, 9.17) is 11.5 Å². The van der Waals surface area contributed by atoms with Gasteiger partial charge in [0.2, 0.25) is 0 Å². The van der Waals surface area contributed by atoms with Gasteiger partial charge in [-0.2, -0.15) is 0 Å². The van der Waals surface area contributed by atoms with E-state index in [1.54, 1.807) is 0 Å². The summed E-state index contributed by atoms with van der Waals surface area (Å²) in [6.07, 6.45) is 7.42. The molecule has 0 atom stereocenters. The van der Waals surface area contributed by atoms with Gasteiger partial charge in [-0.05, 0) is 12.8 Å². The first-order valence-electron chi connectivity index (χ1n) is 4.83. The Morgan fingerprint density at radius 3 is 2.47 bits per heavy atom. The Morgan fingerprint density at radius 1 is 1.20 bits per heavy atom. The molecule has 3 N–H and O–H groups in total. The lowest BCUT2D eigenvalue weighted by Crippen LogP contribution is -2.37. The Bertz CT molecular complexity index is 246. The first kappa shape index (κ1) is 13.3. The van der Waals surface area contributed by atoms with Gasteiger partial charge in [0.1, 0.15) is 0 Å². The van der Waals surface area contributed by atoms with Crippen molar-refractivity contribution >= 4 is 12.0 Å². The molecule has 84 valence electrons. The van der Waals surface area contributed by atoms with Crippen LogP contribution in [0.15, 0.2) is 0 Å². The molecule has 5 nitrogen and oxygen atoms in total. The molecule has 2 amide bonds. The molecular formula is C10H16N2O3. The maximum absolute atomic E-state index is 11.0. The summed E-state index contributed by atoms with van der Waals surface area (Å²) in [5.41, 5.74) is 0. The van der Waals surface area contributed by atoms with Gasteiger partial charge < -0.3 is 15.7 Å². The topological polar surface area (TPSA) is 78.4 Å². The number of nitrogens with one attached hydrogen (secondary N) is 2. The van der Waals surface area contributed by atoms with Crippen LogP contribution in [0.3, 0.4) is 0 Å². The maximum atomic E-state index is 11.0. The predicted molar refractivity (Wildman–Crippen MR) is 56.3 cm³/mol. The molecule has 0 aliphatic rings. The number of carboxylic acid groups (broad SMARTS) is 1. The van der Waals surface area contributed by atoms with Crippen LogP contribution >= 0.6 is 0 Å². The number of carbonyl (C=O) groups excluding carboxylic acids is 1. The molecule has 0 heterocycles. The van der Waals surface area contributed by atoms with Crippen molar-refractivity contribution in [2.75, 3.05) is 13.1 Å². The Morgan fingerprint density at radius 2 is 1.87 bits per heavy atom. The van der Waals surface area contributed by atoms with Gasteiger partial charge in [0, 0.05) is 19.5 Å². The van der Waals surface area contributed by atoms with Crippen LogP contribution in [0.2, 0.25) is 0 Å². The fourth-order valence-electron chi connectivity index (χ4n) is 0.899. The van der Waals surface area contributed by atoms with Crippen LogP contribution in [0, 0.1) is 12.3 Å². The van der Waals surface area contributed by atoms with Crippen LogP contribution in [-0.2, 0) is 4.79 Å². The Labute approximate surface area is 89.2 Å². The minimum atomic E-state index is -0.927. The SMILES string of the molecule is C#CCCCCNC(=O)NCCC(=O)O. The monoisotopic (exact) mass is 212 g/mol. The smallest absolute Gasteiger partial charge is 0.314 e. The minimum Gasteiger partial charge on any atom is -0.481 e. The van der Waals surface area contributed by atoms with E-state index in [1.165, 1.54) is 0 Å². The molecule has 0 spiro atoms. The van der Waals surface area contributed by atoms with Crippen LogP contribution < -0.4 is 10.6 Å². The summed E-state index contributed by atoms with van der Waals surface area (Å²) < 4.78 is 0. The lowest BCUT2D eigenvalue weighted by molar-refractivity contribution is -0.136. The fourth-order valence-corrected chi connectivity index (χ4v) is 0.899. The quantitative estimate of drug-likeness (QED) is 0.426. The van der Waals surface area contributed by atoms with Gasteiger partial charge >= 0.3 is 12.0 Å². The average molecular weight is 212 g/mol. The van der Waals surface area contributed by atoms with Crippen molar-refractivity contribution in [3.8, 4) is 12.3 Å². The van der Waals surface area contributed by atoms with Crippen molar-refractivity contribution in [1.82, 2.24) is 10.6 Å². The van der Waals surface area contributed by atoms with Gasteiger partial charge in [-0.3, -0.25) is 4.79 Å². The third-order valence-electron chi connectivity index (χ3n) is 1.66. The van der Waals surface area contributed by atoms with E-state index < -0.39 is 5.97 Å². The second-order valence-corrected chi connectivity index (χ2v) is 2.99. The van der Waals surface area contributed by atoms with E-state index in [1.807, 2.05) is 0 Å². The van der Waals surface area contributed by atoms with Crippen molar-refractivity contribution in [2.45, 2.75) is 25.7 Å². The summed E-state index contributed by atoms with van der Waals surface area (Å²) in [6, 6.07) is -0.336. The summed E-state index contributed by atoms with van der Waals surface area (Å²) in [5.74, 6) is 1.58. The summed E-state index contributed by atoms with van der Waals surface area (Å²) in [7, 11) is 0. The molecule has 0 unspecified atom stereocenters. The second kappa shape index (κ2) is 8.88. The van der Waals surface area contributed by atoms with Crippen LogP contribution in [0.5, 0.6) is 0 Å². The molecule has 5 heteroatoms. The van der Waals surface area contributed by atoms with E-state index in [9.17, 15) is 9.59 Å². The van der Waals surface area contributed by atoms with Crippen LogP contribution in [0.1, 0.15) is 25.7 Å². The number of carbonyl (C=O) groups is 2. The predicted octanol–water partition coefficient (Wildman–Crippen LogP) is 0.564. The fraction of sp³-hybridized carbons (Fsp3) is 0.600. The largest absolute Gasteiger partial charge is 0.481 e. The molecule has 0 saturated carbocycles. The zero-order valence-electron chi connectivity index (χ0n) is 8.58. The molecule has 0 aliphatic carbocycles. The summed E-state index contributed by atoms with van der Waals surface area (Å²) >= 11 is 0. The highest BCUT2D eigenvalue weighted by Gasteiger charge is 2.00. The zero-order chi connectivity index (χ0) is 11.5. The number of rotatable bonds is 7. The number of unbranched alkanes of at least 4 members (excludes halogenated alkanes) is 2. The molecule has 0 aliphatic heterocycles. The van der Waals surface area contributed by atoms with Crippen molar-refractivity contribution in [2.24, 2.45) is 0 Å². The standard InChI is InChI=1S/C10H16N2O3/c1-2-3-4-5-7-11-10(15)12-8-6-9(13)14/h1H,3-8H2,(H,13,14)(H2,11,12,15). The van der Waals surface area contributed by atoms with Gasteiger partial charge in [0.25, 0.3) is 0 Å². The second-order valence-electron chi connectivity index (χ2n) is 2.99. The highest BCUT2D eigenvalue weighted by Crippen LogP contribution is 1.90. The zero-order valence-corrected chi connectivity index (χ0v) is 8.58. The van der Waals surface area contributed by atoms with E-state index in [2.05, 4.69) is 16.6 Å². The van der Waals surface area contributed by atoms with Crippen molar-refractivity contribution in [3.63, 3.8) is 0 Å². The third kappa shape index (κ3) is 10.2. The lowest BCUT2D eigenvalue weighted by Gasteiger charge is -2.05. The number of hydrogen-bond acceptors (Lipinski definition) is 2. The van der Waals surface area contributed by atoms with Gasteiger partial charge in [-0.15, -0.1) is 12.3 Å². The Hall–Kier alpha value is -1.70. The molecule has 0 rings (SSSR count). The average Bonchev–Trinajstić information content (AvgIpc) is 2.17. The highest BCUT2D eigenvalue weighted by molar-refractivity contribution is 5.74. The Balaban J connectivity index is 3.27. The normalized spacial score (nSPS) is 9.00. The summed E-state index contributed by atoms with van der Waals surface area (Å²) in [4.78, 5) is 21.1. The Kier molecular flexibility index (Phi) is 7.87. The number of hydrogen-bond donors (Lipinski definition) is 3. The molecule has 0 radical (unpaired) electrons. The van der Waals surface area contributed by atoms with Crippen LogP contribution in [-0.4, -0.2) is 30.2 Å².